The molecule has 270 valence electrons. The van der Waals surface area contributed by atoms with Gasteiger partial charge in [0.1, 0.15) is 5.82 Å². The number of alkyl halides is 6. The number of halogens is 7. The van der Waals surface area contributed by atoms with Crippen LogP contribution in [-0.4, -0.2) is 67.1 Å². The lowest BCUT2D eigenvalue weighted by Gasteiger charge is -2.24. The summed E-state index contributed by atoms with van der Waals surface area (Å²) in [5, 5.41) is 18.5. The van der Waals surface area contributed by atoms with E-state index in [1.54, 1.807) is 18.2 Å². The molecule has 0 fully saturated rings. The van der Waals surface area contributed by atoms with Crippen LogP contribution in [0.5, 0.6) is 0 Å². The van der Waals surface area contributed by atoms with Gasteiger partial charge in [-0.2, -0.15) is 31.6 Å². The maximum absolute atomic E-state index is 13.9. The third kappa shape index (κ3) is 8.20. The molecule has 3 heterocycles. The zero-order valence-corrected chi connectivity index (χ0v) is 28.0. The summed E-state index contributed by atoms with van der Waals surface area (Å²) in [4.78, 5) is 34.6. The summed E-state index contributed by atoms with van der Waals surface area (Å²) in [5.74, 6) is -4.62. The maximum Gasteiger partial charge on any atom is 0.471 e. The van der Waals surface area contributed by atoms with Gasteiger partial charge in [-0.15, -0.1) is 5.10 Å². The van der Waals surface area contributed by atoms with Crippen LogP contribution >= 0.6 is 11.6 Å². The molecule has 2 amide bonds. The van der Waals surface area contributed by atoms with E-state index >= 15 is 0 Å². The van der Waals surface area contributed by atoms with Gasteiger partial charge >= 0.3 is 24.2 Å². The van der Waals surface area contributed by atoms with E-state index in [0.29, 0.717) is 31.7 Å². The molecule has 53 heavy (non-hydrogen) atoms. The Kier molecular flexibility index (Phi) is 10.3. The minimum absolute atomic E-state index is 0.139. The number of pyridine rings is 2. The average molecular weight is 751 g/mol. The van der Waals surface area contributed by atoms with Gasteiger partial charge in [-0.25, -0.2) is 4.98 Å². The Morgan fingerprint density at radius 2 is 1.62 bits per heavy atom. The number of aromatic nitrogens is 5. The molecule has 0 bridgehead atoms. The van der Waals surface area contributed by atoms with E-state index in [1.807, 2.05) is 36.4 Å². The highest BCUT2D eigenvalue weighted by Crippen LogP contribution is 2.34. The Morgan fingerprint density at radius 3 is 2.32 bits per heavy atom. The van der Waals surface area contributed by atoms with Gasteiger partial charge in [-0.05, 0) is 35.4 Å². The summed E-state index contributed by atoms with van der Waals surface area (Å²) < 4.78 is 83.7. The van der Waals surface area contributed by atoms with Crippen LogP contribution in [0.2, 0.25) is 5.02 Å². The monoisotopic (exact) mass is 750 g/mol. The molecule has 0 unspecified atom stereocenters. The summed E-state index contributed by atoms with van der Waals surface area (Å²) in [7, 11) is 0. The zero-order chi connectivity index (χ0) is 37.9. The van der Waals surface area contributed by atoms with Crippen molar-refractivity contribution in [3.8, 4) is 17.2 Å². The van der Waals surface area contributed by atoms with E-state index in [0.717, 1.165) is 10.2 Å². The van der Waals surface area contributed by atoms with E-state index in [1.165, 1.54) is 42.9 Å². The van der Waals surface area contributed by atoms with Crippen molar-refractivity contribution in [3.05, 3.63) is 113 Å². The highest BCUT2D eigenvalue weighted by atomic mass is 35.5. The van der Waals surface area contributed by atoms with Gasteiger partial charge in [0.05, 0.1) is 29.4 Å². The Balaban J connectivity index is 1.21. The minimum Gasteiger partial charge on any atom is -0.330 e. The molecule has 0 radical (unpaired) electrons. The van der Waals surface area contributed by atoms with Crippen LogP contribution in [0.15, 0.2) is 91.4 Å². The largest absolute Gasteiger partial charge is 0.471 e. The quantitative estimate of drug-likeness (QED) is 0.107. The fraction of sp³-hybridized carbons (Fsp3) is 0.194. The number of carbonyl (C=O) groups is 2. The van der Waals surface area contributed by atoms with Crippen molar-refractivity contribution in [2.24, 2.45) is 0 Å². The van der Waals surface area contributed by atoms with Crippen molar-refractivity contribution < 1.29 is 35.9 Å². The standard InChI is InChI=1S/C36H25ClF6N8O2/c37-30-16-23(7-8-26(30)24-4-2-1-3-5-24)20-49(33(52)35(38,39)40)13-11-25-21-50(48-47-25)14-15-51(34(53)36(41,42)43)32-28-10-12-45-19-29(28)27-9-6-22(18-44)17-31(27)46-32/h1-10,12,16-17,19,21H,11,13-15,20H2. The Labute approximate surface area is 301 Å². The van der Waals surface area contributed by atoms with E-state index < -0.39 is 43.8 Å². The Morgan fingerprint density at radius 1 is 0.868 bits per heavy atom. The number of carbonyl (C=O) groups excluding carboxylic acids is 2. The van der Waals surface area contributed by atoms with Crippen molar-refractivity contribution in [3.63, 3.8) is 0 Å². The lowest BCUT2D eigenvalue weighted by molar-refractivity contribution is -0.186. The number of anilines is 1. The topological polar surface area (TPSA) is 121 Å². The van der Waals surface area contributed by atoms with Crippen LogP contribution in [0.1, 0.15) is 16.8 Å². The number of nitriles is 1. The van der Waals surface area contributed by atoms with Crippen molar-refractivity contribution >= 4 is 50.9 Å². The van der Waals surface area contributed by atoms with Crippen molar-refractivity contribution in [2.75, 3.05) is 18.0 Å². The van der Waals surface area contributed by atoms with E-state index in [4.69, 9.17) is 11.6 Å². The first-order valence-corrected chi connectivity index (χ1v) is 16.2. The van der Waals surface area contributed by atoms with Gasteiger partial charge < -0.3 is 4.90 Å². The van der Waals surface area contributed by atoms with Crippen LogP contribution in [0.3, 0.4) is 0 Å². The number of hydrogen-bond acceptors (Lipinski definition) is 7. The van der Waals surface area contributed by atoms with Gasteiger partial charge in [-0.3, -0.25) is 24.2 Å². The third-order valence-electron chi connectivity index (χ3n) is 8.25. The first-order chi connectivity index (χ1) is 25.2. The molecule has 0 saturated heterocycles. The fourth-order valence-corrected chi connectivity index (χ4v) is 6.05. The van der Waals surface area contributed by atoms with Crippen molar-refractivity contribution in [1.82, 2.24) is 29.9 Å². The van der Waals surface area contributed by atoms with Crippen molar-refractivity contribution in [2.45, 2.75) is 31.9 Å². The average Bonchev–Trinajstić information content (AvgIpc) is 3.60. The Bertz CT molecular complexity index is 2360. The van der Waals surface area contributed by atoms with Crippen LogP contribution in [0.25, 0.3) is 32.8 Å². The predicted molar refractivity (Wildman–Crippen MR) is 182 cm³/mol. The maximum atomic E-state index is 13.9. The van der Waals surface area contributed by atoms with E-state index in [-0.39, 0.29) is 46.0 Å². The van der Waals surface area contributed by atoms with E-state index in [2.05, 4.69) is 20.3 Å². The summed E-state index contributed by atoms with van der Waals surface area (Å²) in [6.45, 7) is -1.77. The smallest absolute Gasteiger partial charge is 0.330 e. The molecule has 17 heteroatoms. The molecule has 0 aliphatic carbocycles. The molecular weight excluding hydrogens is 726 g/mol. The number of rotatable bonds is 10. The number of hydrogen-bond donors (Lipinski definition) is 0. The molecule has 6 aromatic rings. The first-order valence-electron chi connectivity index (χ1n) is 15.8. The molecule has 3 aromatic heterocycles. The van der Waals surface area contributed by atoms with Crippen molar-refractivity contribution in [1.29, 1.82) is 5.26 Å². The number of nitrogens with zero attached hydrogens (tertiary/aromatic N) is 8. The van der Waals surface area contributed by atoms with E-state index in [9.17, 15) is 41.2 Å². The van der Waals surface area contributed by atoms with Gasteiger partial charge in [0, 0.05) is 71.4 Å². The number of amides is 2. The normalized spacial score (nSPS) is 11.8. The summed E-state index contributed by atoms with van der Waals surface area (Å²) >= 11 is 6.44. The van der Waals surface area contributed by atoms with Gasteiger partial charge in [0.2, 0.25) is 0 Å². The molecule has 10 nitrogen and oxygen atoms in total. The SMILES string of the molecule is N#Cc1ccc2c(c1)nc(N(CCn1cc(CCN(Cc3ccc(-c4ccccc4)c(Cl)c3)C(=O)C(F)(F)F)nn1)C(=O)C(F)(F)F)c1ccncc12. The molecular formula is C36H25ClF6N8O2. The van der Waals surface area contributed by atoms with Gasteiger partial charge in [0.25, 0.3) is 0 Å². The minimum atomic E-state index is -5.29. The highest BCUT2D eigenvalue weighted by molar-refractivity contribution is 6.33. The Hall–Kier alpha value is -6.08. The number of benzene rings is 3. The lowest BCUT2D eigenvalue weighted by atomic mass is 10.0. The number of fused-ring (bicyclic) bond motifs is 3. The predicted octanol–water partition coefficient (Wildman–Crippen LogP) is 7.30. The van der Waals surface area contributed by atoms with Crippen LogP contribution in [-0.2, 0) is 29.1 Å². The summed E-state index contributed by atoms with van der Waals surface area (Å²) in [6, 6.07) is 21.7. The summed E-state index contributed by atoms with van der Waals surface area (Å²) in [5.41, 5.74) is 2.31. The molecule has 0 saturated carbocycles. The second-order valence-electron chi connectivity index (χ2n) is 11.8. The van der Waals surface area contributed by atoms with Crippen LogP contribution in [0, 0.1) is 11.3 Å². The van der Waals surface area contributed by atoms with Crippen LogP contribution < -0.4 is 4.90 Å². The third-order valence-corrected chi connectivity index (χ3v) is 8.56. The highest BCUT2D eigenvalue weighted by Gasteiger charge is 2.44. The molecule has 0 spiro atoms. The lowest BCUT2D eigenvalue weighted by Crippen LogP contribution is -2.43. The van der Waals surface area contributed by atoms with Crippen LogP contribution in [0.4, 0.5) is 32.2 Å². The zero-order valence-electron chi connectivity index (χ0n) is 27.2. The molecule has 3 aromatic carbocycles. The molecule has 0 aliphatic heterocycles. The van der Waals surface area contributed by atoms with Gasteiger partial charge in [0.15, 0.2) is 0 Å². The second-order valence-corrected chi connectivity index (χ2v) is 12.2. The second kappa shape index (κ2) is 14.9. The van der Waals surface area contributed by atoms with Gasteiger partial charge in [-0.1, -0.05) is 65.3 Å². The molecule has 0 aliphatic rings. The molecule has 6 rings (SSSR count). The molecule has 0 atom stereocenters. The molecule has 0 N–H and O–H groups in total. The fourth-order valence-electron chi connectivity index (χ4n) is 5.74. The first kappa shape index (κ1) is 36.7. The summed E-state index contributed by atoms with van der Waals surface area (Å²) in [6.07, 6.45) is -6.60.